The molecule has 0 unspecified atom stereocenters. The molecule has 2 aromatic heterocycles. The highest BCUT2D eigenvalue weighted by Gasteiger charge is 2.15. The Balaban J connectivity index is 1.31. The standard InChI is InChI=1S/C19H25N9O2S/c1-21-25-17(20)11-27(19-24-18(26-31-19)28-8-6-23-12-28)7-2-5-22-10-14-3-4-15-16(9-14)30-13-29-15/h3-4,6,8-9,12,21-22H,2,5,7,10-11,13H2,1H3,(H2,20,25). The van der Waals surface area contributed by atoms with Gasteiger partial charge < -0.3 is 30.8 Å². The fraction of sp³-hybridized carbons (Fsp3) is 0.368. The Hall–Kier alpha value is -3.38. The van der Waals surface area contributed by atoms with Gasteiger partial charge in [-0.1, -0.05) is 6.07 Å². The topological polar surface area (TPSA) is 128 Å². The first-order chi connectivity index (χ1) is 15.2. The van der Waals surface area contributed by atoms with Gasteiger partial charge in [0.25, 0.3) is 0 Å². The van der Waals surface area contributed by atoms with Crippen molar-refractivity contribution >= 4 is 22.5 Å². The van der Waals surface area contributed by atoms with Crippen LogP contribution in [0.2, 0.25) is 0 Å². The van der Waals surface area contributed by atoms with Crippen LogP contribution in [0, 0.1) is 0 Å². The third kappa shape index (κ3) is 5.41. The second kappa shape index (κ2) is 10.1. The number of nitrogens with two attached hydrogens (primary N) is 1. The van der Waals surface area contributed by atoms with Gasteiger partial charge >= 0.3 is 0 Å². The Morgan fingerprint density at radius 2 is 2.26 bits per heavy atom. The zero-order valence-electron chi connectivity index (χ0n) is 17.2. The van der Waals surface area contributed by atoms with Crippen molar-refractivity contribution < 1.29 is 9.47 Å². The van der Waals surface area contributed by atoms with E-state index in [1.165, 1.54) is 11.5 Å². The van der Waals surface area contributed by atoms with Crippen LogP contribution in [0.5, 0.6) is 11.5 Å². The summed E-state index contributed by atoms with van der Waals surface area (Å²) in [5.74, 6) is 2.67. The van der Waals surface area contributed by atoms with E-state index in [9.17, 15) is 0 Å². The smallest absolute Gasteiger partial charge is 0.248 e. The molecule has 31 heavy (non-hydrogen) atoms. The van der Waals surface area contributed by atoms with Crippen molar-refractivity contribution in [3.63, 3.8) is 0 Å². The number of rotatable bonds is 11. The number of hydrogen-bond acceptors (Lipinski definition) is 10. The molecule has 0 aliphatic carbocycles. The molecule has 0 amide bonds. The number of nitrogens with one attached hydrogen (secondary N) is 2. The molecular weight excluding hydrogens is 418 g/mol. The zero-order valence-corrected chi connectivity index (χ0v) is 18.0. The van der Waals surface area contributed by atoms with E-state index in [2.05, 4.69) is 35.1 Å². The lowest BCUT2D eigenvalue weighted by molar-refractivity contribution is 0.174. The van der Waals surface area contributed by atoms with Gasteiger partial charge in [-0.05, 0) is 30.7 Å². The van der Waals surface area contributed by atoms with Crippen molar-refractivity contribution in [1.82, 2.24) is 29.7 Å². The second-order valence-electron chi connectivity index (χ2n) is 6.81. The predicted molar refractivity (Wildman–Crippen MR) is 119 cm³/mol. The number of hydrogen-bond donors (Lipinski definition) is 3. The van der Waals surface area contributed by atoms with Crippen molar-refractivity contribution in [2.75, 3.05) is 38.4 Å². The molecule has 0 fully saturated rings. The average molecular weight is 444 g/mol. The van der Waals surface area contributed by atoms with E-state index < -0.39 is 0 Å². The fourth-order valence-electron chi connectivity index (χ4n) is 3.11. The number of imidazole rings is 1. The molecule has 164 valence electrons. The van der Waals surface area contributed by atoms with Gasteiger partial charge in [0, 0.05) is 44.1 Å². The van der Waals surface area contributed by atoms with Crippen LogP contribution in [0.15, 0.2) is 42.0 Å². The van der Waals surface area contributed by atoms with Crippen LogP contribution in [0.25, 0.3) is 5.95 Å². The SMILES string of the molecule is CNN=C(N)CN(CCCNCc1ccc2c(c1)OCO2)c1nc(-n2ccnc2)ns1. The molecule has 0 bridgehead atoms. The summed E-state index contributed by atoms with van der Waals surface area (Å²) >= 11 is 1.33. The Morgan fingerprint density at radius 1 is 1.35 bits per heavy atom. The van der Waals surface area contributed by atoms with Crippen molar-refractivity contribution in [3.8, 4) is 17.4 Å². The predicted octanol–water partition coefficient (Wildman–Crippen LogP) is 0.930. The molecule has 0 atom stereocenters. The number of nitrogens with zero attached hydrogens (tertiary/aromatic N) is 6. The van der Waals surface area contributed by atoms with Gasteiger partial charge in [0.2, 0.25) is 17.9 Å². The van der Waals surface area contributed by atoms with E-state index in [-0.39, 0.29) is 6.79 Å². The van der Waals surface area contributed by atoms with Gasteiger partial charge in [-0.2, -0.15) is 14.5 Å². The van der Waals surface area contributed by atoms with Gasteiger partial charge in [0.15, 0.2) is 11.5 Å². The lowest BCUT2D eigenvalue weighted by Gasteiger charge is -2.21. The third-order valence-electron chi connectivity index (χ3n) is 4.57. The second-order valence-corrected chi connectivity index (χ2v) is 7.54. The molecule has 1 aromatic carbocycles. The molecule has 4 N–H and O–H groups in total. The summed E-state index contributed by atoms with van der Waals surface area (Å²) in [4.78, 5) is 10.7. The third-order valence-corrected chi connectivity index (χ3v) is 5.33. The Bertz CT molecular complexity index is 1010. The monoisotopic (exact) mass is 443 g/mol. The van der Waals surface area contributed by atoms with Gasteiger partial charge in [0.1, 0.15) is 12.2 Å². The van der Waals surface area contributed by atoms with Crippen molar-refractivity contribution in [1.29, 1.82) is 0 Å². The summed E-state index contributed by atoms with van der Waals surface area (Å²) in [5, 5.41) is 8.32. The Labute approximate surface area is 184 Å². The minimum Gasteiger partial charge on any atom is -0.454 e. The number of aromatic nitrogens is 4. The number of benzene rings is 1. The zero-order chi connectivity index (χ0) is 21.5. The molecule has 3 heterocycles. The molecule has 11 nitrogen and oxygen atoms in total. The normalized spacial score (nSPS) is 12.9. The Kier molecular flexibility index (Phi) is 6.79. The maximum Gasteiger partial charge on any atom is 0.248 e. The van der Waals surface area contributed by atoms with E-state index in [1.807, 2.05) is 24.4 Å². The van der Waals surface area contributed by atoms with Crippen molar-refractivity contribution in [2.45, 2.75) is 13.0 Å². The highest BCUT2D eigenvalue weighted by atomic mass is 32.1. The summed E-state index contributed by atoms with van der Waals surface area (Å²) in [6.45, 7) is 3.09. The summed E-state index contributed by atoms with van der Waals surface area (Å²) in [7, 11) is 1.72. The quantitative estimate of drug-likeness (QED) is 0.172. The first-order valence-corrected chi connectivity index (χ1v) is 10.7. The van der Waals surface area contributed by atoms with Gasteiger partial charge in [0.05, 0.1) is 6.54 Å². The number of amidine groups is 1. The van der Waals surface area contributed by atoms with Gasteiger partial charge in [-0.25, -0.2) is 4.98 Å². The average Bonchev–Trinajstić information content (AvgIpc) is 3.53. The molecule has 0 saturated heterocycles. The lowest BCUT2D eigenvalue weighted by atomic mass is 10.2. The molecule has 0 radical (unpaired) electrons. The van der Waals surface area contributed by atoms with Gasteiger partial charge in [-0.3, -0.25) is 4.57 Å². The van der Waals surface area contributed by atoms with Crippen LogP contribution in [0.1, 0.15) is 12.0 Å². The van der Waals surface area contributed by atoms with Crippen LogP contribution in [-0.4, -0.2) is 58.2 Å². The molecule has 3 aromatic rings. The van der Waals surface area contributed by atoms with Crippen LogP contribution in [0.3, 0.4) is 0 Å². The van der Waals surface area contributed by atoms with Crippen LogP contribution in [-0.2, 0) is 6.54 Å². The van der Waals surface area contributed by atoms with Crippen molar-refractivity contribution in [2.24, 2.45) is 10.8 Å². The van der Waals surface area contributed by atoms with Crippen LogP contribution >= 0.6 is 11.5 Å². The number of anilines is 1. The summed E-state index contributed by atoms with van der Waals surface area (Å²) < 4.78 is 17.0. The Morgan fingerprint density at radius 3 is 3.10 bits per heavy atom. The molecule has 12 heteroatoms. The minimum atomic E-state index is 0.288. The van der Waals surface area contributed by atoms with E-state index in [0.717, 1.165) is 48.2 Å². The fourth-order valence-corrected chi connectivity index (χ4v) is 3.81. The van der Waals surface area contributed by atoms with Crippen LogP contribution < -0.4 is 30.8 Å². The van der Waals surface area contributed by atoms with E-state index in [1.54, 1.807) is 24.1 Å². The summed E-state index contributed by atoms with van der Waals surface area (Å²) in [6, 6.07) is 5.99. The first kappa shape index (κ1) is 20.9. The maximum atomic E-state index is 6.02. The van der Waals surface area contributed by atoms with E-state index in [4.69, 9.17) is 15.2 Å². The lowest BCUT2D eigenvalue weighted by Crippen LogP contribution is -2.36. The number of fused-ring (bicyclic) bond motifs is 1. The summed E-state index contributed by atoms with van der Waals surface area (Å²) in [6.07, 6.45) is 6.08. The van der Waals surface area contributed by atoms with Crippen molar-refractivity contribution in [3.05, 3.63) is 42.5 Å². The highest BCUT2D eigenvalue weighted by Crippen LogP contribution is 2.32. The molecule has 1 aliphatic rings. The highest BCUT2D eigenvalue weighted by molar-refractivity contribution is 7.09. The largest absolute Gasteiger partial charge is 0.454 e. The molecule has 0 saturated carbocycles. The molecular formula is C19H25N9O2S. The molecule has 0 spiro atoms. The van der Waals surface area contributed by atoms with E-state index in [0.29, 0.717) is 18.3 Å². The summed E-state index contributed by atoms with van der Waals surface area (Å²) in [5.41, 5.74) is 9.90. The van der Waals surface area contributed by atoms with Crippen LogP contribution in [0.4, 0.5) is 5.13 Å². The van der Waals surface area contributed by atoms with Gasteiger partial charge in [-0.15, -0.1) is 0 Å². The minimum absolute atomic E-state index is 0.288. The van der Waals surface area contributed by atoms with E-state index >= 15 is 0 Å². The number of hydrazone groups is 1. The maximum absolute atomic E-state index is 6.02. The molecule has 4 rings (SSSR count). The first-order valence-electron chi connectivity index (χ1n) is 9.88. The molecule has 1 aliphatic heterocycles. The number of ether oxygens (including phenoxy) is 2.